The van der Waals surface area contributed by atoms with Crippen molar-refractivity contribution in [3.8, 4) is 11.1 Å². The zero-order valence-electron chi connectivity index (χ0n) is 10.3. The van der Waals surface area contributed by atoms with E-state index in [2.05, 4.69) is 0 Å². The summed E-state index contributed by atoms with van der Waals surface area (Å²) >= 11 is 0. The summed E-state index contributed by atoms with van der Waals surface area (Å²) in [5.41, 5.74) is 8.80. The Morgan fingerprint density at radius 1 is 1.00 bits per heavy atom. The second kappa shape index (κ2) is 3.06. The predicted molar refractivity (Wildman–Crippen MR) is 71.8 cm³/mol. The lowest BCUT2D eigenvalue weighted by molar-refractivity contribution is -0.140. The number of carboxylic acids is 1. The van der Waals surface area contributed by atoms with E-state index in [0.29, 0.717) is 6.42 Å². The van der Waals surface area contributed by atoms with Crippen molar-refractivity contribution >= 4 is 5.97 Å². The van der Waals surface area contributed by atoms with Crippen molar-refractivity contribution in [1.82, 2.24) is 0 Å². The molecule has 2 aromatic rings. The van der Waals surface area contributed by atoms with Crippen molar-refractivity contribution in [2.75, 3.05) is 0 Å². The first-order chi connectivity index (χ1) is 9.11. The van der Waals surface area contributed by atoms with E-state index in [9.17, 15) is 9.90 Å². The molecule has 3 heteroatoms. The van der Waals surface area contributed by atoms with Gasteiger partial charge >= 0.3 is 5.97 Å². The number of hydrogen-bond acceptors (Lipinski definition) is 2. The van der Waals surface area contributed by atoms with Gasteiger partial charge in [0.2, 0.25) is 0 Å². The van der Waals surface area contributed by atoms with Gasteiger partial charge in [0.05, 0.1) is 5.41 Å². The van der Waals surface area contributed by atoms with Gasteiger partial charge in [-0.25, -0.2) is 0 Å². The Balaban J connectivity index is 2.07. The fourth-order valence-corrected chi connectivity index (χ4v) is 3.63. The van der Waals surface area contributed by atoms with Gasteiger partial charge in [-0.05, 0) is 28.7 Å². The third-order valence-corrected chi connectivity index (χ3v) is 4.63. The molecule has 1 saturated carbocycles. The standard InChI is InChI=1S/C16H13NO2/c17-16(14(18)19)9-15(16)12-7-3-1-5-10(12)11-6-2-4-8-13(11)15/h1-8H,9,17H2,(H,18,19)/t16-/m0/s1. The third-order valence-electron chi connectivity index (χ3n) is 4.63. The van der Waals surface area contributed by atoms with Crippen LogP contribution in [0.2, 0.25) is 0 Å². The van der Waals surface area contributed by atoms with Crippen LogP contribution in [0.5, 0.6) is 0 Å². The first-order valence-corrected chi connectivity index (χ1v) is 6.33. The molecule has 0 aromatic heterocycles. The molecule has 0 radical (unpaired) electrons. The smallest absolute Gasteiger partial charge is 0.325 e. The van der Waals surface area contributed by atoms with Gasteiger partial charge in [-0.15, -0.1) is 0 Å². The normalized spacial score (nSPS) is 24.9. The fraction of sp³-hybridized carbons (Fsp3) is 0.188. The molecule has 2 aromatic carbocycles. The Labute approximate surface area is 110 Å². The molecule has 3 N–H and O–H groups in total. The highest BCUT2D eigenvalue weighted by Gasteiger charge is 2.74. The van der Waals surface area contributed by atoms with Crippen LogP contribution in [0.25, 0.3) is 11.1 Å². The molecule has 0 heterocycles. The van der Waals surface area contributed by atoms with Crippen molar-refractivity contribution in [3.05, 3.63) is 59.7 Å². The summed E-state index contributed by atoms with van der Waals surface area (Å²) in [5.74, 6) is -0.918. The lowest BCUT2D eigenvalue weighted by Crippen LogP contribution is -2.41. The van der Waals surface area contributed by atoms with Crippen molar-refractivity contribution in [2.24, 2.45) is 5.73 Å². The fourth-order valence-electron chi connectivity index (χ4n) is 3.63. The maximum absolute atomic E-state index is 11.5. The van der Waals surface area contributed by atoms with Crippen LogP contribution < -0.4 is 5.73 Å². The molecule has 0 saturated heterocycles. The van der Waals surface area contributed by atoms with E-state index >= 15 is 0 Å². The van der Waals surface area contributed by atoms with Gasteiger partial charge in [-0.1, -0.05) is 48.5 Å². The summed E-state index contributed by atoms with van der Waals surface area (Å²) < 4.78 is 0. The van der Waals surface area contributed by atoms with Crippen molar-refractivity contribution in [2.45, 2.75) is 17.4 Å². The minimum absolute atomic E-state index is 0.476. The zero-order chi connectivity index (χ0) is 13.3. The third kappa shape index (κ3) is 1.01. The molecule has 0 unspecified atom stereocenters. The van der Waals surface area contributed by atoms with E-state index in [1.165, 1.54) is 0 Å². The van der Waals surface area contributed by atoms with Gasteiger partial charge in [-0.3, -0.25) is 4.79 Å². The van der Waals surface area contributed by atoms with E-state index in [0.717, 1.165) is 22.3 Å². The van der Waals surface area contributed by atoms with Crippen molar-refractivity contribution in [1.29, 1.82) is 0 Å². The number of nitrogens with two attached hydrogens (primary N) is 1. The molecular formula is C16H13NO2. The Morgan fingerprint density at radius 2 is 1.47 bits per heavy atom. The van der Waals surface area contributed by atoms with E-state index in [-0.39, 0.29) is 0 Å². The first-order valence-electron chi connectivity index (χ1n) is 6.33. The average Bonchev–Trinajstić information content (AvgIpc) is 2.98. The van der Waals surface area contributed by atoms with Crippen molar-refractivity contribution < 1.29 is 9.90 Å². The minimum Gasteiger partial charge on any atom is -0.480 e. The molecule has 1 atom stereocenters. The summed E-state index contributed by atoms with van der Waals surface area (Å²) in [6, 6.07) is 16.0. The number of carbonyl (C=O) groups is 1. The van der Waals surface area contributed by atoms with Crippen LogP contribution in [-0.4, -0.2) is 16.6 Å². The Hall–Kier alpha value is -2.13. The molecule has 2 aliphatic rings. The molecule has 94 valence electrons. The Bertz CT molecular complexity index is 677. The molecule has 0 aliphatic heterocycles. The number of fused-ring (bicyclic) bond motifs is 5. The lowest BCUT2D eigenvalue weighted by Gasteiger charge is -2.17. The number of carboxylic acid groups (broad SMARTS) is 1. The molecule has 19 heavy (non-hydrogen) atoms. The molecule has 2 aliphatic carbocycles. The van der Waals surface area contributed by atoms with Crippen LogP contribution in [0.4, 0.5) is 0 Å². The highest BCUT2D eigenvalue weighted by molar-refractivity contribution is 5.95. The topological polar surface area (TPSA) is 63.3 Å². The molecule has 0 amide bonds. The largest absolute Gasteiger partial charge is 0.480 e. The summed E-state index contributed by atoms with van der Waals surface area (Å²) in [6.45, 7) is 0. The van der Waals surface area contributed by atoms with Crippen LogP contribution in [-0.2, 0) is 10.2 Å². The van der Waals surface area contributed by atoms with Gasteiger partial charge in [0.1, 0.15) is 5.54 Å². The maximum atomic E-state index is 11.5. The van der Waals surface area contributed by atoms with E-state index < -0.39 is 16.9 Å². The van der Waals surface area contributed by atoms with Crippen LogP contribution in [0.15, 0.2) is 48.5 Å². The van der Waals surface area contributed by atoms with Gasteiger partial charge in [-0.2, -0.15) is 0 Å². The van der Waals surface area contributed by atoms with Gasteiger partial charge in [0.15, 0.2) is 0 Å². The molecular weight excluding hydrogens is 238 g/mol. The SMILES string of the molecule is N[C@]1(C(=O)O)CC12c1ccccc1-c1ccccc12. The summed E-state index contributed by atoms with van der Waals surface area (Å²) in [6.07, 6.45) is 0.476. The highest BCUT2D eigenvalue weighted by atomic mass is 16.4. The summed E-state index contributed by atoms with van der Waals surface area (Å²) in [4.78, 5) is 11.5. The first kappa shape index (κ1) is 10.8. The van der Waals surface area contributed by atoms with Crippen LogP contribution in [0.3, 0.4) is 0 Å². The van der Waals surface area contributed by atoms with Crippen molar-refractivity contribution in [3.63, 3.8) is 0 Å². The molecule has 3 nitrogen and oxygen atoms in total. The number of rotatable bonds is 1. The Kier molecular flexibility index (Phi) is 1.73. The lowest BCUT2D eigenvalue weighted by atomic mass is 9.88. The molecule has 0 bridgehead atoms. The number of benzene rings is 2. The second-order valence-corrected chi connectivity index (χ2v) is 5.45. The maximum Gasteiger partial charge on any atom is 0.325 e. The minimum atomic E-state index is -1.17. The van der Waals surface area contributed by atoms with Gasteiger partial charge in [0, 0.05) is 0 Å². The molecule has 1 fully saturated rings. The number of aliphatic carboxylic acids is 1. The summed E-state index contributed by atoms with van der Waals surface area (Å²) in [7, 11) is 0. The second-order valence-electron chi connectivity index (χ2n) is 5.45. The predicted octanol–water partition coefficient (Wildman–Crippen LogP) is 2.14. The van der Waals surface area contributed by atoms with E-state index in [1.54, 1.807) is 0 Å². The van der Waals surface area contributed by atoms with E-state index in [1.807, 2.05) is 48.5 Å². The van der Waals surface area contributed by atoms with Gasteiger partial charge in [0.25, 0.3) is 0 Å². The zero-order valence-corrected chi connectivity index (χ0v) is 10.3. The molecule has 1 spiro atoms. The Morgan fingerprint density at radius 3 is 1.89 bits per heavy atom. The van der Waals surface area contributed by atoms with E-state index in [4.69, 9.17) is 5.73 Å². The highest BCUT2D eigenvalue weighted by Crippen LogP contribution is 2.67. The van der Waals surface area contributed by atoms with Gasteiger partial charge < -0.3 is 10.8 Å². The monoisotopic (exact) mass is 251 g/mol. The molecule has 4 rings (SSSR count). The summed E-state index contributed by atoms with van der Waals surface area (Å²) in [5, 5.41) is 9.46. The number of hydrogen-bond donors (Lipinski definition) is 2. The van der Waals surface area contributed by atoms with Crippen LogP contribution >= 0.6 is 0 Å². The average molecular weight is 251 g/mol. The van der Waals surface area contributed by atoms with Crippen LogP contribution in [0, 0.1) is 0 Å². The van der Waals surface area contributed by atoms with Crippen LogP contribution in [0.1, 0.15) is 17.5 Å². The quantitative estimate of drug-likeness (QED) is 0.816.